The Balaban J connectivity index is 1.09. The first kappa shape index (κ1) is 28.5. The molecule has 0 atom stereocenters. The molecule has 62 heavy (non-hydrogen) atoms. The van der Waals surface area contributed by atoms with Crippen molar-refractivity contribution in [1.82, 2.24) is 19.5 Å². The lowest BCUT2D eigenvalue weighted by Gasteiger charge is -2.15. The molecular weight excluding hydrogens is 773 g/mol. The fourth-order valence-electron chi connectivity index (χ4n) is 9.17. The molecule has 0 unspecified atom stereocenters. The largest absolute Gasteiger partial charge is 0.309 e. The number of para-hydroxylation sites is 3. The molecule has 0 bridgehead atoms. The first-order chi connectivity index (χ1) is 33.6. The van der Waals surface area contributed by atoms with Crippen LogP contribution in [-0.2, 0) is 0 Å². The SMILES string of the molecule is [2H]c1cc([2H])c2c(c1[2H])c1c([2H])c([2H])c([2H])c([2H])c1n2-c1ccccc1-c1nc(-c2cccc(-c3cccc4c3sc3ccccc34)c2)nc(-c2ccc3c4ccccc4c4ccccc4c3c2)n1. The smallest absolute Gasteiger partial charge is 0.166 e. The van der Waals surface area contributed by atoms with E-state index in [0.29, 0.717) is 22.9 Å². The third kappa shape index (κ3) is 5.35. The van der Waals surface area contributed by atoms with Crippen molar-refractivity contribution in [2.45, 2.75) is 0 Å². The van der Waals surface area contributed by atoms with Crippen molar-refractivity contribution in [3.8, 4) is 51.0 Å². The van der Waals surface area contributed by atoms with E-state index < -0.39 is 12.1 Å². The average Bonchev–Trinajstić information content (AvgIpc) is 3.96. The third-order valence-corrected chi connectivity index (χ3v) is 13.2. The molecule has 0 amide bonds. The highest BCUT2D eigenvalue weighted by atomic mass is 32.1. The van der Waals surface area contributed by atoms with Gasteiger partial charge in [-0.25, -0.2) is 15.0 Å². The monoisotopic (exact) mass is 813 g/mol. The lowest BCUT2D eigenvalue weighted by atomic mass is 9.93. The van der Waals surface area contributed by atoms with Gasteiger partial charge in [-0.2, -0.15) is 0 Å². The van der Waals surface area contributed by atoms with E-state index in [4.69, 9.17) is 21.8 Å². The molecule has 3 heterocycles. The van der Waals surface area contributed by atoms with Crippen molar-refractivity contribution in [2.24, 2.45) is 0 Å². The van der Waals surface area contributed by atoms with Gasteiger partial charge in [0.2, 0.25) is 0 Å². The second-order valence-corrected chi connectivity index (χ2v) is 16.4. The van der Waals surface area contributed by atoms with Crippen LogP contribution in [0.2, 0.25) is 0 Å². The van der Waals surface area contributed by atoms with Crippen molar-refractivity contribution < 1.29 is 9.60 Å². The first-order valence-electron chi connectivity index (χ1n) is 23.9. The number of aromatic nitrogens is 4. The zero-order valence-corrected chi connectivity index (χ0v) is 33.6. The van der Waals surface area contributed by atoms with Gasteiger partial charge in [-0.1, -0.05) is 164 Å². The number of hydrogen-bond acceptors (Lipinski definition) is 4. The molecule has 0 saturated carbocycles. The van der Waals surface area contributed by atoms with Crippen LogP contribution < -0.4 is 0 Å². The molecule has 0 aliphatic rings. The topological polar surface area (TPSA) is 43.6 Å². The Labute approximate surface area is 370 Å². The van der Waals surface area contributed by atoms with Crippen LogP contribution in [0.5, 0.6) is 0 Å². The Morgan fingerprint density at radius 2 is 0.935 bits per heavy atom. The Hall–Kier alpha value is -7.99. The Morgan fingerprint density at radius 1 is 0.371 bits per heavy atom. The number of thiophene rings is 1. The lowest BCUT2D eigenvalue weighted by Crippen LogP contribution is -2.03. The summed E-state index contributed by atoms with van der Waals surface area (Å²) in [6.45, 7) is 0. The first-order valence-corrected chi connectivity index (χ1v) is 21.2. The maximum Gasteiger partial charge on any atom is 0.166 e. The molecule has 0 fully saturated rings. The van der Waals surface area contributed by atoms with E-state index in [1.165, 1.54) is 31.6 Å². The summed E-state index contributed by atoms with van der Waals surface area (Å²) >= 11 is 1.77. The minimum absolute atomic E-state index is 0.0665. The van der Waals surface area contributed by atoms with Crippen LogP contribution >= 0.6 is 11.3 Å². The summed E-state index contributed by atoms with van der Waals surface area (Å²) in [6, 6.07) is 52.7. The predicted octanol–water partition coefficient (Wildman–Crippen LogP) is 15.5. The van der Waals surface area contributed by atoms with Gasteiger partial charge in [-0.15, -0.1) is 11.3 Å². The number of fused-ring (bicyclic) bond motifs is 12. The average molecular weight is 814 g/mol. The van der Waals surface area contributed by atoms with E-state index in [1.807, 2.05) is 36.4 Å². The van der Waals surface area contributed by atoms with E-state index in [9.17, 15) is 2.74 Å². The van der Waals surface area contributed by atoms with Gasteiger partial charge >= 0.3 is 0 Å². The molecule has 13 aromatic rings. The summed E-state index contributed by atoms with van der Waals surface area (Å²) in [6.07, 6.45) is 0. The van der Waals surface area contributed by atoms with Crippen molar-refractivity contribution in [1.29, 1.82) is 0 Å². The maximum absolute atomic E-state index is 9.24. The minimum Gasteiger partial charge on any atom is -0.309 e. The summed E-state index contributed by atoms with van der Waals surface area (Å²) < 4.78 is 66.5. The molecule has 0 radical (unpaired) electrons. The standard InChI is InChI=1S/C57H34N4S/c1-2-19-41-39(17-1)40-18-3-4-20-42(40)49-34-37(31-32-43(41)49)56-58-55(36-16-13-15-35(33-36)38-25-14-26-47-46-23-8-12-30-53(46)62-54(38)47)59-57(60-56)48-24-7-11-29-52(48)61-50-27-9-5-21-44(50)45-22-6-10-28-51(45)61/h1-34H/i5D,6D,9D,21D,22D,27D,28D. The highest BCUT2D eigenvalue weighted by molar-refractivity contribution is 7.26. The number of nitrogens with zero attached hydrogens (tertiary/aromatic N) is 4. The normalized spacial score (nSPS) is 13.5. The van der Waals surface area contributed by atoms with E-state index in [0.717, 1.165) is 49.2 Å². The van der Waals surface area contributed by atoms with Crippen LogP contribution in [0.1, 0.15) is 9.60 Å². The number of benzene rings is 10. The van der Waals surface area contributed by atoms with E-state index >= 15 is 0 Å². The van der Waals surface area contributed by atoms with Gasteiger partial charge in [0.05, 0.1) is 26.3 Å². The number of rotatable bonds is 5. The van der Waals surface area contributed by atoms with Crippen LogP contribution in [0.4, 0.5) is 0 Å². The van der Waals surface area contributed by atoms with Gasteiger partial charge in [0.25, 0.3) is 0 Å². The highest BCUT2D eigenvalue weighted by Crippen LogP contribution is 2.42. The molecule has 4 nitrogen and oxygen atoms in total. The third-order valence-electron chi connectivity index (χ3n) is 11.9. The Morgan fingerprint density at radius 3 is 1.74 bits per heavy atom. The molecule has 5 heteroatoms. The zero-order valence-electron chi connectivity index (χ0n) is 39.8. The molecule has 0 aliphatic carbocycles. The van der Waals surface area contributed by atoms with Crippen molar-refractivity contribution in [3.05, 3.63) is 206 Å². The lowest BCUT2D eigenvalue weighted by molar-refractivity contribution is 1.06. The van der Waals surface area contributed by atoms with Gasteiger partial charge in [-0.3, -0.25) is 0 Å². The highest BCUT2D eigenvalue weighted by Gasteiger charge is 2.20. The van der Waals surface area contributed by atoms with Crippen LogP contribution in [-0.4, -0.2) is 19.5 Å². The molecular formula is C57H34N4S. The van der Waals surface area contributed by atoms with Gasteiger partial charge in [0, 0.05) is 47.6 Å². The summed E-state index contributed by atoms with van der Waals surface area (Å²) in [7, 11) is 0. The fraction of sp³-hybridized carbons (Fsp3) is 0. The van der Waals surface area contributed by atoms with E-state index in [2.05, 4.69) is 115 Å². The maximum atomic E-state index is 9.24. The molecule has 0 spiro atoms. The van der Waals surface area contributed by atoms with Crippen molar-refractivity contribution in [3.63, 3.8) is 0 Å². The second-order valence-electron chi connectivity index (χ2n) is 15.4. The minimum atomic E-state index is -0.463. The summed E-state index contributed by atoms with van der Waals surface area (Å²) in [4.78, 5) is 15.7. The molecule has 0 saturated heterocycles. The molecule has 0 aliphatic heterocycles. The summed E-state index contributed by atoms with van der Waals surface area (Å²) in [5.41, 5.74) is 4.80. The fourth-order valence-corrected chi connectivity index (χ4v) is 10.4. The number of hydrogen-bond donors (Lipinski definition) is 0. The van der Waals surface area contributed by atoms with Gasteiger partial charge in [0.15, 0.2) is 17.5 Å². The van der Waals surface area contributed by atoms with Crippen LogP contribution in [0.15, 0.2) is 206 Å². The summed E-state index contributed by atoms with van der Waals surface area (Å²) in [5, 5.41) is 9.27. The Kier molecular flexibility index (Phi) is 6.33. The molecule has 288 valence electrons. The van der Waals surface area contributed by atoms with E-state index in [-0.39, 0.29) is 57.8 Å². The van der Waals surface area contributed by atoms with Crippen LogP contribution in [0.3, 0.4) is 0 Å². The quantitative estimate of drug-likeness (QED) is 0.163. The van der Waals surface area contributed by atoms with Gasteiger partial charge in [-0.05, 0) is 85.9 Å². The molecule has 3 aromatic heterocycles. The van der Waals surface area contributed by atoms with Crippen LogP contribution in [0, 0.1) is 0 Å². The van der Waals surface area contributed by atoms with Crippen molar-refractivity contribution in [2.75, 3.05) is 0 Å². The Bertz CT molecular complexity index is 4340. The zero-order chi connectivity index (χ0) is 46.8. The molecule has 13 rings (SSSR count). The second kappa shape index (κ2) is 13.8. The van der Waals surface area contributed by atoms with Gasteiger partial charge < -0.3 is 4.57 Å². The molecule has 0 N–H and O–H groups in total. The molecule has 10 aromatic carbocycles. The summed E-state index contributed by atoms with van der Waals surface area (Å²) in [5.74, 6) is 1.12. The van der Waals surface area contributed by atoms with E-state index in [1.54, 1.807) is 22.0 Å². The van der Waals surface area contributed by atoms with Gasteiger partial charge in [0.1, 0.15) is 0 Å². The predicted molar refractivity (Wildman–Crippen MR) is 261 cm³/mol. The van der Waals surface area contributed by atoms with Crippen molar-refractivity contribution >= 4 is 85.6 Å². The van der Waals surface area contributed by atoms with Crippen LogP contribution in [0.25, 0.3) is 125 Å².